The standard InChI is InChI=1S/C16H23N3O/c1-12(2)18-16(20)8-10-19-11-13(7-9-17)14-5-3-4-6-15(14)19/h3-6,11-12H,7-10,17H2,1-2H3,(H,18,20). The van der Waals surface area contributed by atoms with Gasteiger partial charge >= 0.3 is 0 Å². The third kappa shape index (κ3) is 3.39. The lowest BCUT2D eigenvalue weighted by molar-refractivity contribution is -0.121. The molecule has 108 valence electrons. The molecule has 0 aliphatic rings. The van der Waals surface area contributed by atoms with Crippen LogP contribution >= 0.6 is 0 Å². The van der Waals surface area contributed by atoms with Crippen LogP contribution in [0.2, 0.25) is 0 Å². The normalized spacial score (nSPS) is 11.2. The van der Waals surface area contributed by atoms with Gasteiger partial charge in [-0.2, -0.15) is 0 Å². The van der Waals surface area contributed by atoms with Gasteiger partial charge in [0.2, 0.25) is 5.91 Å². The molecule has 0 saturated carbocycles. The highest BCUT2D eigenvalue weighted by molar-refractivity contribution is 5.84. The summed E-state index contributed by atoms with van der Waals surface area (Å²) in [5.74, 6) is 0.0955. The molecule has 0 saturated heterocycles. The summed E-state index contributed by atoms with van der Waals surface area (Å²) in [6.45, 7) is 5.29. The van der Waals surface area contributed by atoms with E-state index >= 15 is 0 Å². The Bertz CT molecular complexity index is 586. The average molecular weight is 273 g/mol. The van der Waals surface area contributed by atoms with Crippen molar-refractivity contribution in [2.75, 3.05) is 6.54 Å². The molecule has 1 aromatic carbocycles. The Balaban J connectivity index is 2.15. The van der Waals surface area contributed by atoms with Crippen LogP contribution in [-0.2, 0) is 17.8 Å². The number of nitrogens with one attached hydrogen (secondary N) is 1. The van der Waals surface area contributed by atoms with E-state index in [9.17, 15) is 4.79 Å². The fourth-order valence-corrected chi connectivity index (χ4v) is 2.48. The molecule has 4 nitrogen and oxygen atoms in total. The van der Waals surface area contributed by atoms with Gasteiger partial charge in [-0.25, -0.2) is 0 Å². The highest BCUT2D eigenvalue weighted by Gasteiger charge is 2.09. The summed E-state index contributed by atoms with van der Waals surface area (Å²) in [5, 5.41) is 4.16. The smallest absolute Gasteiger partial charge is 0.221 e. The van der Waals surface area contributed by atoms with Crippen molar-refractivity contribution in [3.63, 3.8) is 0 Å². The number of fused-ring (bicyclic) bond motifs is 1. The summed E-state index contributed by atoms with van der Waals surface area (Å²) in [6, 6.07) is 8.47. The molecule has 3 N–H and O–H groups in total. The van der Waals surface area contributed by atoms with E-state index < -0.39 is 0 Å². The van der Waals surface area contributed by atoms with Crippen molar-refractivity contribution in [3.05, 3.63) is 36.0 Å². The third-order valence-corrected chi connectivity index (χ3v) is 3.31. The number of carbonyl (C=O) groups excluding carboxylic acids is 1. The predicted molar refractivity (Wildman–Crippen MR) is 82.6 cm³/mol. The van der Waals surface area contributed by atoms with Gasteiger partial charge < -0.3 is 15.6 Å². The van der Waals surface area contributed by atoms with Crippen molar-refractivity contribution >= 4 is 16.8 Å². The van der Waals surface area contributed by atoms with E-state index in [2.05, 4.69) is 28.2 Å². The Morgan fingerprint density at radius 3 is 2.80 bits per heavy atom. The van der Waals surface area contributed by atoms with Crippen LogP contribution in [-0.4, -0.2) is 23.1 Å². The Hall–Kier alpha value is -1.81. The van der Waals surface area contributed by atoms with Gasteiger partial charge in [0.15, 0.2) is 0 Å². The number of aromatic nitrogens is 1. The number of amides is 1. The number of hydrogen-bond acceptors (Lipinski definition) is 2. The van der Waals surface area contributed by atoms with Crippen molar-refractivity contribution in [3.8, 4) is 0 Å². The lowest BCUT2D eigenvalue weighted by Gasteiger charge is -2.09. The molecule has 0 fully saturated rings. The van der Waals surface area contributed by atoms with E-state index in [1.54, 1.807) is 0 Å². The Kier molecular flexibility index (Phi) is 4.79. The molecular weight excluding hydrogens is 250 g/mol. The van der Waals surface area contributed by atoms with Gasteiger partial charge in [0, 0.05) is 36.1 Å². The molecule has 0 atom stereocenters. The van der Waals surface area contributed by atoms with Gasteiger partial charge in [-0.15, -0.1) is 0 Å². The van der Waals surface area contributed by atoms with Crippen molar-refractivity contribution in [1.29, 1.82) is 0 Å². The number of rotatable bonds is 6. The van der Waals surface area contributed by atoms with E-state index in [0.717, 1.165) is 6.42 Å². The summed E-state index contributed by atoms with van der Waals surface area (Å²) in [7, 11) is 0. The number of benzene rings is 1. The number of carbonyl (C=O) groups is 1. The Morgan fingerprint density at radius 1 is 1.35 bits per heavy atom. The number of para-hydroxylation sites is 1. The van der Waals surface area contributed by atoms with Crippen molar-refractivity contribution in [2.45, 2.75) is 39.3 Å². The third-order valence-electron chi connectivity index (χ3n) is 3.31. The molecule has 4 heteroatoms. The minimum Gasteiger partial charge on any atom is -0.354 e. The second-order valence-electron chi connectivity index (χ2n) is 5.38. The second-order valence-corrected chi connectivity index (χ2v) is 5.38. The van der Waals surface area contributed by atoms with Crippen LogP contribution in [0.4, 0.5) is 0 Å². The zero-order valence-corrected chi connectivity index (χ0v) is 12.2. The van der Waals surface area contributed by atoms with Gasteiger partial charge in [-0.1, -0.05) is 18.2 Å². The fraction of sp³-hybridized carbons (Fsp3) is 0.438. The van der Waals surface area contributed by atoms with Crippen molar-refractivity contribution in [1.82, 2.24) is 9.88 Å². The molecule has 1 heterocycles. The van der Waals surface area contributed by atoms with Crippen molar-refractivity contribution < 1.29 is 4.79 Å². The lowest BCUT2D eigenvalue weighted by Crippen LogP contribution is -2.30. The van der Waals surface area contributed by atoms with Gasteiger partial charge in [0.25, 0.3) is 0 Å². The summed E-state index contributed by atoms with van der Waals surface area (Å²) < 4.78 is 2.15. The maximum Gasteiger partial charge on any atom is 0.221 e. The molecule has 0 unspecified atom stereocenters. The first-order chi connectivity index (χ1) is 9.61. The van der Waals surface area contributed by atoms with Gasteiger partial charge in [-0.05, 0) is 38.4 Å². The molecule has 0 bridgehead atoms. The molecule has 0 radical (unpaired) electrons. The summed E-state index contributed by atoms with van der Waals surface area (Å²) in [5.41, 5.74) is 8.10. The van der Waals surface area contributed by atoms with E-state index in [-0.39, 0.29) is 11.9 Å². The molecule has 1 amide bonds. The van der Waals surface area contributed by atoms with Gasteiger partial charge in [0.1, 0.15) is 0 Å². The molecule has 1 aromatic heterocycles. The van der Waals surface area contributed by atoms with Crippen LogP contribution in [0.3, 0.4) is 0 Å². The van der Waals surface area contributed by atoms with Gasteiger partial charge in [-0.3, -0.25) is 4.79 Å². The topological polar surface area (TPSA) is 60.0 Å². The highest BCUT2D eigenvalue weighted by atomic mass is 16.1. The van der Waals surface area contributed by atoms with Crippen LogP contribution in [0, 0.1) is 0 Å². The highest BCUT2D eigenvalue weighted by Crippen LogP contribution is 2.21. The van der Waals surface area contributed by atoms with Crippen LogP contribution in [0.25, 0.3) is 10.9 Å². The first kappa shape index (κ1) is 14.6. The van der Waals surface area contributed by atoms with E-state index in [1.807, 2.05) is 26.0 Å². The second kappa shape index (κ2) is 6.57. The first-order valence-corrected chi connectivity index (χ1v) is 7.18. The van der Waals surface area contributed by atoms with Gasteiger partial charge in [0.05, 0.1) is 0 Å². The van der Waals surface area contributed by atoms with E-state index in [4.69, 9.17) is 5.73 Å². The number of nitrogens with zero attached hydrogens (tertiary/aromatic N) is 1. The minimum atomic E-state index is 0.0955. The molecule has 0 aliphatic heterocycles. The molecule has 0 aliphatic carbocycles. The number of nitrogens with two attached hydrogens (primary N) is 1. The Labute approximate surface area is 120 Å². The van der Waals surface area contributed by atoms with E-state index in [1.165, 1.54) is 16.5 Å². The Morgan fingerprint density at radius 2 is 2.10 bits per heavy atom. The number of hydrogen-bond donors (Lipinski definition) is 2. The van der Waals surface area contributed by atoms with E-state index in [0.29, 0.717) is 19.5 Å². The predicted octanol–water partition coefficient (Wildman–Crippen LogP) is 2.06. The molecule has 20 heavy (non-hydrogen) atoms. The molecule has 2 rings (SSSR count). The van der Waals surface area contributed by atoms with Crippen LogP contribution < -0.4 is 11.1 Å². The average Bonchev–Trinajstić information content (AvgIpc) is 2.75. The maximum absolute atomic E-state index is 11.8. The summed E-state index contributed by atoms with van der Waals surface area (Å²) in [6.07, 6.45) is 3.49. The maximum atomic E-state index is 11.8. The first-order valence-electron chi connectivity index (χ1n) is 7.18. The molecule has 2 aromatic rings. The van der Waals surface area contributed by atoms with Crippen LogP contribution in [0.15, 0.2) is 30.5 Å². The van der Waals surface area contributed by atoms with Crippen LogP contribution in [0.5, 0.6) is 0 Å². The largest absolute Gasteiger partial charge is 0.354 e. The minimum absolute atomic E-state index is 0.0955. The number of aryl methyl sites for hydroxylation is 1. The zero-order valence-electron chi connectivity index (χ0n) is 12.2. The lowest BCUT2D eigenvalue weighted by atomic mass is 10.1. The fourth-order valence-electron chi connectivity index (χ4n) is 2.48. The summed E-state index contributed by atoms with van der Waals surface area (Å²) >= 11 is 0. The van der Waals surface area contributed by atoms with Crippen molar-refractivity contribution in [2.24, 2.45) is 5.73 Å². The quantitative estimate of drug-likeness (QED) is 0.846. The monoisotopic (exact) mass is 273 g/mol. The zero-order chi connectivity index (χ0) is 14.5. The molecule has 0 spiro atoms. The SMILES string of the molecule is CC(C)NC(=O)CCn1cc(CCN)c2ccccc21. The molecular formula is C16H23N3O. The summed E-state index contributed by atoms with van der Waals surface area (Å²) in [4.78, 5) is 11.8. The van der Waals surface area contributed by atoms with Crippen LogP contribution in [0.1, 0.15) is 25.8 Å².